The zero-order valence-electron chi connectivity index (χ0n) is 16.1. The van der Waals surface area contributed by atoms with Gasteiger partial charge in [-0.25, -0.2) is 0 Å². The zero-order chi connectivity index (χ0) is 18.6. The molecule has 1 aliphatic rings. The Hall–Kier alpha value is -1.95. The molecule has 0 heterocycles. The summed E-state index contributed by atoms with van der Waals surface area (Å²) in [6.45, 7) is 6.23. The van der Waals surface area contributed by atoms with E-state index in [0.29, 0.717) is 38.4 Å². The fraction of sp³-hybridized carbons (Fsp3) is 0.650. The fourth-order valence-electron chi connectivity index (χ4n) is 3.12. The molecule has 1 saturated carbocycles. The first-order valence-corrected chi connectivity index (χ1v) is 9.81. The Bertz CT molecular complexity index is 555. The molecule has 0 aliphatic heterocycles. The van der Waals surface area contributed by atoms with Crippen LogP contribution in [0.15, 0.2) is 23.2 Å². The average Bonchev–Trinajstić information content (AvgIpc) is 2.90. The summed E-state index contributed by atoms with van der Waals surface area (Å²) in [6.07, 6.45) is 7.92. The maximum Gasteiger partial charge on any atom is 0.193 e. The summed E-state index contributed by atoms with van der Waals surface area (Å²) in [5.41, 5.74) is 6.78. The molecule has 1 aromatic rings. The van der Waals surface area contributed by atoms with E-state index in [1.165, 1.54) is 38.5 Å². The van der Waals surface area contributed by atoms with Gasteiger partial charge in [0.15, 0.2) is 5.96 Å². The quantitative estimate of drug-likeness (QED) is 0.301. The first-order valence-electron chi connectivity index (χ1n) is 9.81. The normalized spacial score (nSPS) is 16.2. The van der Waals surface area contributed by atoms with Crippen LogP contribution in [0.5, 0.6) is 11.5 Å². The van der Waals surface area contributed by atoms with Crippen LogP contribution >= 0.6 is 0 Å². The van der Waals surface area contributed by atoms with Crippen LogP contribution in [0.4, 0.5) is 5.69 Å². The molecule has 6 nitrogen and oxygen atoms in total. The van der Waals surface area contributed by atoms with E-state index in [9.17, 15) is 0 Å². The number of benzene rings is 1. The summed E-state index contributed by atoms with van der Waals surface area (Å²) in [7, 11) is 0. The van der Waals surface area contributed by atoms with E-state index in [2.05, 4.69) is 10.3 Å². The molecule has 0 aromatic heterocycles. The minimum atomic E-state index is 0.351. The van der Waals surface area contributed by atoms with Crippen molar-refractivity contribution in [1.29, 1.82) is 0 Å². The van der Waals surface area contributed by atoms with Gasteiger partial charge in [0.2, 0.25) is 0 Å². The number of nitrogens with two attached hydrogens (primary N) is 1. The Morgan fingerprint density at radius 2 is 1.85 bits per heavy atom. The second-order valence-electron chi connectivity index (χ2n) is 6.40. The van der Waals surface area contributed by atoms with Gasteiger partial charge in [-0.1, -0.05) is 25.7 Å². The predicted molar refractivity (Wildman–Crippen MR) is 106 cm³/mol. The van der Waals surface area contributed by atoms with Crippen LogP contribution in [-0.4, -0.2) is 38.4 Å². The van der Waals surface area contributed by atoms with Crippen LogP contribution in [0.25, 0.3) is 0 Å². The van der Waals surface area contributed by atoms with Gasteiger partial charge in [-0.15, -0.1) is 0 Å². The molecule has 1 aliphatic carbocycles. The number of rotatable bonds is 9. The molecule has 0 bridgehead atoms. The Morgan fingerprint density at radius 3 is 2.54 bits per heavy atom. The van der Waals surface area contributed by atoms with E-state index < -0.39 is 0 Å². The van der Waals surface area contributed by atoms with Crippen LogP contribution in [0.1, 0.15) is 52.4 Å². The van der Waals surface area contributed by atoms with Gasteiger partial charge in [-0.3, -0.25) is 4.99 Å². The van der Waals surface area contributed by atoms with Gasteiger partial charge in [0.25, 0.3) is 0 Å². The summed E-state index contributed by atoms with van der Waals surface area (Å²) < 4.78 is 17.1. The van der Waals surface area contributed by atoms with Gasteiger partial charge in [-0.2, -0.15) is 0 Å². The Kier molecular flexibility index (Phi) is 9.10. The van der Waals surface area contributed by atoms with E-state index in [-0.39, 0.29) is 0 Å². The molecule has 26 heavy (non-hydrogen) atoms. The lowest BCUT2D eigenvalue weighted by Crippen LogP contribution is -2.24. The van der Waals surface area contributed by atoms with E-state index in [1.54, 1.807) is 0 Å². The number of hydrogen-bond donors (Lipinski definition) is 2. The Balaban J connectivity index is 1.85. The first-order chi connectivity index (χ1) is 12.7. The standard InChI is InChI=1S/C20H33N3O3/c1-3-24-17-11-12-19(25-4-2)18(15-17)23-20(21)22-13-14-26-16-9-7-5-6-8-10-16/h11-12,15-16H,3-10,13-14H2,1-2H3,(H3,21,22,23). The van der Waals surface area contributed by atoms with E-state index >= 15 is 0 Å². The van der Waals surface area contributed by atoms with Gasteiger partial charge in [-0.05, 0) is 38.8 Å². The maximum atomic E-state index is 6.03. The molecule has 0 saturated heterocycles. The van der Waals surface area contributed by atoms with Gasteiger partial charge < -0.3 is 25.3 Å². The van der Waals surface area contributed by atoms with Crippen LogP contribution in [0.2, 0.25) is 0 Å². The van der Waals surface area contributed by atoms with Crippen molar-refractivity contribution in [3.05, 3.63) is 18.2 Å². The van der Waals surface area contributed by atoms with Crippen molar-refractivity contribution in [3.8, 4) is 11.5 Å². The molecular formula is C20H33N3O3. The first kappa shape index (κ1) is 20.4. The summed E-state index contributed by atoms with van der Waals surface area (Å²) in [5.74, 6) is 1.84. The van der Waals surface area contributed by atoms with Crippen molar-refractivity contribution in [2.45, 2.75) is 58.5 Å². The van der Waals surface area contributed by atoms with Crippen molar-refractivity contribution in [2.75, 3.05) is 31.7 Å². The van der Waals surface area contributed by atoms with Crippen LogP contribution in [0.3, 0.4) is 0 Å². The zero-order valence-corrected chi connectivity index (χ0v) is 16.1. The van der Waals surface area contributed by atoms with Crippen molar-refractivity contribution in [2.24, 2.45) is 10.7 Å². The molecule has 3 N–H and O–H groups in total. The molecule has 0 amide bonds. The predicted octanol–water partition coefficient (Wildman–Crippen LogP) is 3.95. The van der Waals surface area contributed by atoms with Gasteiger partial charge in [0, 0.05) is 6.07 Å². The number of hydrogen-bond acceptors (Lipinski definition) is 4. The molecule has 2 rings (SSSR count). The summed E-state index contributed by atoms with van der Waals surface area (Å²) in [5, 5.41) is 3.11. The molecule has 6 heteroatoms. The lowest BCUT2D eigenvalue weighted by molar-refractivity contribution is 0.0487. The maximum absolute atomic E-state index is 6.03. The highest BCUT2D eigenvalue weighted by atomic mass is 16.5. The highest BCUT2D eigenvalue weighted by molar-refractivity contribution is 5.94. The third-order valence-corrected chi connectivity index (χ3v) is 4.35. The molecule has 0 radical (unpaired) electrons. The second-order valence-corrected chi connectivity index (χ2v) is 6.40. The molecule has 0 unspecified atom stereocenters. The number of ether oxygens (including phenoxy) is 3. The minimum Gasteiger partial charge on any atom is -0.494 e. The summed E-state index contributed by atoms with van der Waals surface area (Å²) in [6, 6.07) is 5.63. The number of nitrogens with one attached hydrogen (secondary N) is 1. The number of nitrogens with zero attached hydrogens (tertiary/aromatic N) is 1. The molecule has 0 spiro atoms. The van der Waals surface area contributed by atoms with Crippen molar-refractivity contribution in [3.63, 3.8) is 0 Å². The van der Waals surface area contributed by atoms with Gasteiger partial charge in [0.1, 0.15) is 11.5 Å². The number of anilines is 1. The Morgan fingerprint density at radius 1 is 1.12 bits per heavy atom. The van der Waals surface area contributed by atoms with Crippen molar-refractivity contribution in [1.82, 2.24) is 0 Å². The van der Waals surface area contributed by atoms with Crippen LogP contribution < -0.4 is 20.5 Å². The third-order valence-electron chi connectivity index (χ3n) is 4.35. The van der Waals surface area contributed by atoms with E-state index in [1.807, 2.05) is 32.0 Å². The molecular weight excluding hydrogens is 330 g/mol. The fourth-order valence-corrected chi connectivity index (χ4v) is 3.12. The van der Waals surface area contributed by atoms with Gasteiger partial charge >= 0.3 is 0 Å². The van der Waals surface area contributed by atoms with Crippen LogP contribution in [0, 0.1) is 0 Å². The topological polar surface area (TPSA) is 78.1 Å². The average molecular weight is 364 g/mol. The lowest BCUT2D eigenvalue weighted by Gasteiger charge is -2.15. The summed E-state index contributed by atoms with van der Waals surface area (Å²) >= 11 is 0. The largest absolute Gasteiger partial charge is 0.494 e. The minimum absolute atomic E-state index is 0.351. The molecule has 0 atom stereocenters. The summed E-state index contributed by atoms with van der Waals surface area (Å²) in [4.78, 5) is 4.37. The van der Waals surface area contributed by atoms with Crippen molar-refractivity contribution < 1.29 is 14.2 Å². The van der Waals surface area contributed by atoms with E-state index in [4.69, 9.17) is 19.9 Å². The number of guanidine groups is 1. The monoisotopic (exact) mass is 363 g/mol. The highest BCUT2D eigenvalue weighted by Crippen LogP contribution is 2.29. The van der Waals surface area contributed by atoms with Gasteiger partial charge in [0.05, 0.1) is 38.2 Å². The van der Waals surface area contributed by atoms with Crippen LogP contribution in [-0.2, 0) is 4.74 Å². The highest BCUT2D eigenvalue weighted by Gasteiger charge is 2.12. The third kappa shape index (κ3) is 7.12. The Labute approximate surface area is 157 Å². The molecule has 146 valence electrons. The molecule has 1 fully saturated rings. The smallest absolute Gasteiger partial charge is 0.193 e. The lowest BCUT2D eigenvalue weighted by atomic mass is 10.1. The molecule has 1 aromatic carbocycles. The second kappa shape index (κ2) is 11.6. The number of aliphatic imine (C=N–C) groups is 1. The SMILES string of the molecule is CCOc1ccc(OCC)c(NC(N)=NCCOC2CCCCCC2)c1. The van der Waals surface area contributed by atoms with E-state index in [0.717, 1.165) is 17.2 Å². The van der Waals surface area contributed by atoms with Crippen molar-refractivity contribution >= 4 is 11.6 Å².